The number of nitrogens with zero attached hydrogens (tertiary/aromatic N) is 2. The predicted molar refractivity (Wildman–Crippen MR) is 230 cm³/mol. The zero-order valence-electron chi connectivity index (χ0n) is 34.5. The lowest BCUT2D eigenvalue weighted by atomic mass is 9.82. The van der Waals surface area contributed by atoms with Crippen molar-refractivity contribution in [3.05, 3.63) is 113 Å². The zero-order chi connectivity index (χ0) is 43.4. The van der Waals surface area contributed by atoms with Crippen LogP contribution in [0.4, 0.5) is 11.4 Å². The van der Waals surface area contributed by atoms with E-state index in [1.54, 1.807) is 45.6 Å². The molecule has 0 bridgehead atoms. The maximum absolute atomic E-state index is 14.0. The number of aliphatic hydroxyl groups is 1. The van der Waals surface area contributed by atoms with Gasteiger partial charge in [-0.25, -0.2) is 8.42 Å². The molecule has 0 aromatic heterocycles. The molecule has 15 nitrogen and oxygen atoms in total. The Morgan fingerprint density at radius 1 is 0.871 bits per heavy atom. The standard InChI is InChI=1S/C46H51N5O10S/c1-29-8-11-34(12-9-29)62(57,58)51-18-16-36-40(27-52)48-39-13-10-32(25-37(39)44(36)51)31-5-2-6-33(24-31)47-43(54)28-61-23-22-60-21-20-59-19-17-30-4-3-7-35-38(30)26-50(46(35)56)41-14-15-42(53)49-45(41)55/h2-13,24-25,36,40-41,44,48,52H,14-23,26-28H2,1H3,(H,47,54)(H,49,53,55)/t36-,40+,41?,44-/m1/s1. The van der Waals surface area contributed by atoms with E-state index < -0.39 is 28.0 Å². The molecule has 4 aromatic rings. The van der Waals surface area contributed by atoms with E-state index in [-0.39, 0.29) is 67.4 Å². The molecule has 326 valence electrons. The molecule has 0 spiro atoms. The van der Waals surface area contributed by atoms with Crippen LogP contribution in [0, 0.1) is 12.8 Å². The number of fused-ring (bicyclic) bond motifs is 4. The van der Waals surface area contributed by atoms with Crippen molar-refractivity contribution in [2.75, 3.05) is 63.4 Å². The Bertz CT molecular complexity index is 2440. The predicted octanol–water partition coefficient (Wildman–Crippen LogP) is 4.19. The molecule has 4 N–H and O–H groups in total. The summed E-state index contributed by atoms with van der Waals surface area (Å²) >= 11 is 0. The molecule has 16 heteroatoms. The van der Waals surface area contributed by atoms with Crippen LogP contribution in [0.15, 0.2) is 89.8 Å². The molecule has 1 unspecified atom stereocenters. The van der Waals surface area contributed by atoms with Crippen molar-refractivity contribution in [1.29, 1.82) is 0 Å². The average molecular weight is 866 g/mol. The number of hydrogen-bond donors (Lipinski definition) is 4. The molecule has 0 aliphatic carbocycles. The van der Waals surface area contributed by atoms with E-state index >= 15 is 0 Å². The summed E-state index contributed by atoms with van der Waals surface area (Å²) in [6.45, 7) is 3.88. The number of imide groups is 1. The van der Waals surface area contributed by atoms with Crippen LogP contribution in [-0.4, -0.2) is 111 Å². The SMILES string of the molecule is Cc1ccc(S(=O)(=O)N2CC[C@@H]3[C@H](CO)Nc4ccc(-c5cccc(NC(=O)COCCOCCOCCc6cccc7c6CN(C6CCC(=O)NC6=O)C7=O)c5)cc4[C@@H]32)cc1. The molecule has 0 saturated carbocycles. The molecule has 4 heterocycles. The molecule has 4 amide bonds. The van der Waals surface area contributed by atoms with Crippen LogP contribution in [0.25, 0.3) is 11.1 Å². The molecular formula is C46H51N5O10S. The molecular weight excluding hydrogens is 815 g/mol. The Kier molecular flexibility index (Phi) is 13.1. The van der Waals surface area contributed by atoms with Gasteiger partial charge in [0.1, 0.15) is 12.6 Å². The Morgan fingerprint density at radius 2 is 1.61 bits per heavy atom. The van der Waals surface area contributed by atoms with Gasteiger partial charge in [0.2, 0.25) is 27.7 Å². The zero-order valence-corrected chi connectivity index (χ0v) is 35.3. The van der Waals surface area contributed by atoms with Crippen LogP contribution >= 0.6 is 0 Å². The Hall–Kier alpha value is -5.49. The highest BCUT2D eigenvalue weighted by molar-refractivity contribution is 7.89. The second-order valence-electron chi connectivity index (χ2n) is 16.1. The highest BCUT2D eigenvalue weighted by Gasteiger charge is 2.48. The number of carbonyl (C=O) groups excluding carboxylic acids is 4. The number of ether oxygens (including phenoxy) is 3. The normalized spacial score (nSPS) is 20.9. The van der Waals surface area contributed by atoms with Crippen LogP contribution in [0.3, 0.4) is 0 Å². The number of sulfonamides is 1. The van der Waals surface area contributed by atoms with Crippen molar-refractivity contribution in [2.24, 2.45) is 5.92 Å². The summed E-state index contributed by atoms with van der Waals surface area (Å²) in [5.74, 6) is -1.39. The summed E-state index contributed by atoms with van der Waals surface area (Å²) in [5, 5.41) is 18.9. The van der Waals surface area contributed by atoms with Crippen molar-refractivity contribution >= 4 is 45.0 Å². The fourth-order valence-electron chi connectivity index (χ4n) is 8.96. The fourth-order valence-corrected chi connectivity index (χ4v) is 10.6. The first-order valence-corrected chi connectivity index (χ1v) is 22.4. The van der Waals surface area contributed by atoms with E-state index in [0.717, 1.165) is 39.1 Å². The van der Waals surface area contributed by atoms with Gasteiger partial charge >= 0.3 is 0 Å². The van der Waals surface area contributed by atoms with E-state index in [2.05, 4.69) is 16.0 Å². The molecule has 8 rings (SSSR count). The molecule has 62 heavy (non-hydrogen) atoms. The van der Waals surface area contributed by atoms with Crippen molar-refractivity contribution < 1.29 is 46.9 Å². The molecule has 2 fully saturated rings. The van der Waals surface area contributed by atoms with E-state index in [1.807, 2.05) is 55.5 Å². The topological polar surface area (TPSA) is 193 Å². The van der Waals surface area contributed by atoms with Crippen LogP contribution < -0.4 is 16.0 Å². The van der Waals surface area contributed by atoms with Crippen LogP contribution in [-0.2, 0) is 51.6 Å². The molecule has 4 aromatic carbocycles. The first-order chi connectivity index (χ1) is 30.0. The molecule has 2 saturated heterocycles. The second-order valence-corrected chi connectivity index (χ2v) is 18.0. The van der Waals surface area contributed by atoms with Gasteiger partial charge in [0.25, 0.3) is 5.91 Å². The van der Waals surface area contributed by atoms with Crippen molar-refractivity contribution in [3.8, 4) is 11.1 Å². The Labute approximate surface area is 360 Å². The maximum atomic E-state index is 14.0. The highest BCUT2D eigenvalue weighted by Crippen LogP contribution is 2.49. The molecule has 4 aliphatic rings. The lowest BCUT2D eigenvalue weighted by Crippen LogP contribution is -2.52. The lowest BCUT2D eigenvalue weighted by molar-refractivity contribution is -0.137. The van der Waals surface area contributed by atoms with Gasteiger partial charge in [-0.05, 0) is 96.5 Å². The fraction of sp³-hybridized carbons (Fsp3) is 0.391. The second kappa shape index (κ2) is 18.9. The van der Waals surface area contributed by atoms with Gasteiger partial charge in [-0.2, -0.15) is 4.31 Å². The molecule has 4 atom stereocenters. The number of carbonyl (C=O) groups is 4. The third-order valence-electron chi connectivity index (χ3n) is 12.1. The minimum atomic E-state index is -3.81. The van der Waals surface area contributed by atoms with E-state index in [9.17, 15) is 32.7 Å². The van der Waals surface area contributed by atoms with Gasteiger partial charge in [0.15, 0.2) is 0 Å². The monoisotopic (exact) mass is 865 g/mol. The number of nitrogens with one attached hydrogen (secondary N) is 3. The number of amides is 4. The van der Waals surface area contributed by atoms with Crippen LogP contribution in [0.2, 0.25) is 0 Å². The smallest absolute Gasteiger partial charge is 0.255 e. The van der Waals surface area contributed by atoms with E-state index in [4.69, 9.17) is 14.2 Å². The first-order valence-electron chi connectivity index (χ1n) is 21.0. The minimum absolute atomic E-state index is 0.113. The summed E-state index contributed by atoms with van der Waals surface area (Å²) in [6, 6.07) is 24.3. The summed E-state index contributed by atoms with van der Waals surface area (Å²) in [5.41, 5.74) is 7.32. The van der Waals surface area contributed by atoms with Gasteiger partial charge in [-0.3, -0.25) is 24.5 Å². The van der Waals surface area contributed by atoms with E-state index in [0.29, 0.717) is 63.4 Å². The molecule has 0 radical (unpaired) electrons. The number of benzene rings is 4. The number of aliphatic hydroxyl groups excluding tert-OH is 1. The summed E-state index contributed by atoms with van der Waals surface area (Å²) in [7, 11) is -3.81. The van der Waals surface area contributed by atoms with Crippen molar-refractivity contribution in [3.63, 3.8) is 0 Å². The van der Waals surface area contributed by atoms with Gasteiger partial charge in [-0.15, -0.1) is 0 Å². The van der Waals surface area contributed by atoms with Gasteiger partial charge in [-0.1, -0.05) is 48.0 Å². The summed E-state index contributed by atoms with van der Waals surface area (Å²) in [4.78, 5) is 51.7. The van der Waals surface area contributed by atoms with Crippen LogP contribution in [0.5, 0.6) is 0 Å². The Morgan fingerprint density at radius 3 is 2.39 bits per heavy atom. The number of piperidine rings is 1. The largest absolute Gasteiger partial charge is 0.394 e. The maximum Gasteiger partial charge on any atom is 0.255 e. The first kappa shape index (κ1) is 43.2. The van der Waals surface area contributed by atoms with Gasteiger partial charge < -0.3 is 34.9 Å². The van der Waals surface area contributed by atoms with Crippen LogP contribution in [0.1, 0.15) is 57.9 Å². The quantitative estimate of drug-likeness (QED) is 0.0879. The molecule has 4 aliphatic heterocycles. The van der Waals surface area contributed by atoms with E-state index in [1.165, 1.54) is 0 Å². The third-order valence-corrected chi connectivity index (χ3v) is 14.0. The highest BCUT2D eigenvalue weighted by atomic mass is 32.2. The van der Waals surface area contributed by atoms with Gasteiger partial charge in [0.05, 0.1) is 56.6 Å². The minimum Gasteiger partial charge on any atom is -0.394 e. The average Bonchev–Trinajstić information content (AvgIpc) is 3.87. The van der Waals surface area contributed by atoms with Crippen molar-refractivity contribution in [1.82, 2.24) is 14.5 Å². The number of anilines is 2. The summed E-state index contributed by atoms with van der Waals surface area (Å²) < 4.78 is 46.5. The third kappa shape index (κ3) is 9.16. The lowest BCUT2D eigenvalue weighted by Gasteiger charge is -2.39. The Balaban J connectivity index is 0.774. The van der Waals surface area contributed by atoms with Gasteiger partial charge in [0, 0.05) is 42.4 Å². The number of rotatable bonds is 17. The van der Waals surface area contributed by atoms with Crippen molar-refractivity contribution in [2.45, 2.75) is 62.2 Å². The number of hydrogen-bond acceptors (Lipinski definition) is 11. The number of aryl methyl sites for hydroxylation is 1. The summed E-state index contributed by atoms with van der Waals surface area (Å²) in [6.07, 6.45) is 1.72.